The fraction of sp³-hybridized carbons (Fsp3) is 0.417. The second kappa shape index (κ2) is 6.58. The zero-order valence-corrected chi connectivity index (χ0v) is 10.8. The van der Waals surface area contributed by atoms with Crippen LogP contribution < -0.4 is 10.2 Å². The van der Waals surface area contributed by atoms with Gasteiger partial charge in [-0.3, -0.25) is 14.6 Å². The maximum atomic E-state index is 11.5. The third-order valence-electron chi connectivity index (χ3n) is 2.50. The fourth-order valence-corrected chi connectivity index (χ4v) is 1.47. The maximum absolute atomic E-state index is 11.5. The van der Waals surface area contributed by atoms with E-state index in [1.54, 1.807) is 30.3 Å². The molecule has 1 aromatic rings. The Morgan fingerprint density at radius 2 is 2.22 bits per heavy atom. The van der Waals surface area contributed by atoms with E-state index < -0.39 is 0 Å². The van der Waals surface area contributed by atoms with Gasteiger partial charge in [0.05, 0.1) is 7.11 Å². The number of hydrogen-bond acceptors (Lipinski definition) is 5. The van der Waals surface area contributed by atoms with Gasteiger partial charge in [0.15, 0.2) is 0 Å². The predicted octanol–water partition coefficient (Wildman–Crippen LogP) is 0.440. The molecule has 0 aromatic carbocycles. The number of carbonyl (C=O) groups is 2. The van der Waals surface area contributed by atoms with Crippen LogP contribution in [0.25, 0.3) is 0 Å². The molecule has 0 radical (unpaired) electrons. The molecule has 1 aromatic heterocycles. The molecule has 0 aliphatic rings. The second-order valence-electron chi connectivity index (χ2n) is 3.57. The zero-order chi connectivity index (χ0) is 13.5. The largest absolute Gasteiger partial charge is 0.468 e. The van der Waals surface area contributed by atoms with Crippen LogP contribution in [0.2, 0.25) is 0 Å². The monoisotopic (exact) mass is 251 g/mol. The minimum absolute atomic E-state index is 0.143. The number of nitrogens with zero attached hydrogens (tertiary/aromatic N) is 2. The molecule has 0 aliphatic carbocycles. The summed E-state index contributed by atoms with van der Waals surface area (Å²) in [5.41, 5.74) is 1.08. The number of amides is 1. The zero-order valence-electron chi connectivity index (χ0n) is 10.8. The van der Waals surface area contributed by atoms with Crippen LogP contribution in [0.4, 0.5) is 5.69 Å². The van der Waals surface area contributed by atoms with Crippen molar-refractivity contribution in [2.24, 2.45) is 0 Å². The first-order valence-corrected chi connectivity index (χ1v) is 5.62. The molecule has 6 nitrogen and oxygen atoms in total. The highest BCUT2D eigenvalue weighted by atomic mass is 16.5. The van der Waals surface area contributed by atoms with Crippen molar-refractivity contribution in [1.29, 1.82) is 0 Å². The van der Waals surface area contributed by atoms with Crippen molar-refractivity contribution in [1.82, 2.24) is 10.3 Å². The molecule has 0 atom stereocenters. The highest BCUT2D eigenvalue weighted by Crippen LogP contribution is 2.14. The van der Waals surface area contributed by atoms with Gasteiger partial charge >= 0.3 is 5.97 Å². The van der Waals surface area contributed by atoms with Crippen molar-refractivity contribution in [3.05, 3.63) is 24.0 Å². The van der Waals surface area contributed by atoms with Crippen LogP contribution in [0.1, 0.15) is 17.4 Å². The molecule has 1 rings (SSSR count). The van der Waals surface area contributed by atoms with Crippen LogP contribution in [-0.4, -0.2) is 44.1 Å². The van der Waals surface area contributed by atoms with Gasteiger partial charge < -0.3 is 15.0 Å². The number of aromatic nitrogens is 1. The Balaban J connectivity index is 2.92. The van der Waals surface area contributed by atoms with E-state index in [0.717, 1.165) is 5.69 Å². The number of hydrogen-bond donors (Lipinski definition) is 1. The summed E-state index contributed by atoms with van der Waals surface area (Å²) >= 11 is 0. The van der Waals surface area contributed by atoms with Gasteiger partial charge in [-0.15, -0.1) is 0 Å². The number of anilines is 1. The van der Waals surface area contributed by atoms with Crippen LogP contribution in [0.5, 0.6) is 0 Å². The quantitative estimate of drug-likeness (QED) is 0.769. The fourth-order valence-electron chi connectivity index (χ4n) is 1.47. The first-order chi connectivity index (χ1) is 8.62. The molecule has 0 fully saturated rings. The number of esters is 1. The number of rotatable bonds is 5. The normalized spacial score (nSPS) is 9.72. The standard InChI is InChI=1S/C12H17N3O3/c1-4-15(8-11(16)18-3)9-5-6-14-10(7-9)12(17)13-2/h5-7H,4,8H2,1-3H3,(H,13,17). The van der Waals surface area contributed by atoms with Gasteiger partial charge in [0.25, 0.3) is 5.91 Å². The van der Waals surface area contributed by atoms with Gasteiger partial charge in [-0.1, -0.05) is 0 Å². The smallest absolute Gasteiger partial charge is 0.325 e. The van der Waals surface area contributed by atoms with E-state index in [9.17, 15) is 9.59 Å². The van der Waals surface area contributed by atoms with Crippen molar-refractivity contribution in [2.45, 2.75) is 6.92 Å². The van der Waals surface area contributed by atoms with Gasteiger partial charge in [0.1, 0.15) is 12.2 Å². The molecule has 1 heterocycles. The highest BCUT2D eigenvalue weighted by molar-refractivity contribution is 5.93. The molecule has 1 amide bonds. The lowest BCUT2D eigenvalue weighted by Crippen LogP contribution is -2.30. The van der Waals surface area contributed by atoms with Crippen molar-refractivity contribution in [3.63, 3.8) is 0 Å². The summed E-state index contributed by atoms with van der Waals surface area (Å²) in [5, 5.41) is 2.51. The lowest BCUT2D eigenvalue weighted by Gasteiger charge is -2.21. The van der Waals surface area contributed by atoms with E-state index in [1.165, 1.54) is 7.11 Å². The molecule has 6 heteroatoms. The number of ether oxygens (including phenoxy) is 1. The topological polar surface area (TPSA) is 71.5 Å². The molecule has 0 saturated carbocycles. The molecule has 0 unspecified atom stereocenters. The number of carbonyl (C=O) groups excluding carboxylic acids is 2. The molecular weight excluding hydrogens is 234 g/mol. The van der Waals surface area contributed by atoms with Crippen LogP contribution in [0.3, 0.4) is 0 Å². The first kappa shape index (κ1) is 14.0. The van der Waals surface area contributed by atoms with Crippen LogP contribution in [0, 0.1) is 0 Å². The van der Waals surface area contributed by atoms with Gasteiger partial charge in [-0.2, -0.15) is 0 Å². The number of likely N-dealkylation sites (N-methyl/N-ethyl adjacent to an activating group) is 1. The molecule has 0 bridgehead atoms. The molecule has 1 N–H and O–H groups in total. The van der Waals surface area contributed by atoms with E-state index in [1.807, 2.05) is 6.92 Å². The maximum Gasteiger partial charge on any atom is 0.325 e. The molecule has 0 spiro atoms. The second-order valence-corrected chi connectivity index (χ2v) is 3.57. The highest BCUT2D eigenvalue weighted by Gasteiger charge is 2.12. The Hall–Kier alpha value is -2.11. The number of methoxy groups -OCH3 is 1. The summed E-state index contributed by atoms with van der Waals surface area (Å²) in [6, 6.07) is 3.39. The summed E-state index contributed by atoms with van der Waals surface area (Å²) < 4.78 is 4.63. The van der Waals surface area contributed by atoms with E-state index in [4.69, 9.17) is 0 Å². The Labute approximate surface area is 106 Å². The number of nitrogens with one attached hydrogen (secondary N) is 1. The average Bonchev–Trinajstić information content (AvgIpc) is 2.43. The molecule has 98 valence electrons. The summed E-state index contributed by atoms with van der Waals surface area (Å²) in [5.74, 6) is -0.582. The van der Waals surface area contributed by atoms with Gasteiger partial charge in [-0.25, -0.2) is 0 Å². The van der Waals surface area contributed by atoms with Crippen LogP contribution >= 0.6 is 0 Å². The predicted molar refractivity (Wildman–Crippen MR) is 67.5 cm³/mol. The van der Waals surface area contributed by atoms with E-state index in [0.29, 0.717) is 12.2 Å². The number of pyridine rings is 1. The Morgan fingerprint density at radius 1 is 1.50 bits per heavy atom. The minimum Gasteiger partial charge on any atom is -0.468 e. The lowest BCUT2D eigenvalue weighted by atomic mass is 10.2. The summed E-state index contributed by atoms with van der Waals surface area (Å²) in [4.78, 5) is 28.5. The van der Waals surface area contributed by atoms with Gasteiger partial charge in [0.2, 0.25) is 0 Å². The van der Waals surface area contributed by atoms with Crippen molar-refractivity contribution < 1.29 is 14.3 Å². The van der Waals surface area contributed by atoms with E-state index in [-0.39, 0.29) is 18.4 Å². The van der Waals surface area contributed by atoms with E-state index >= 15 is 0 Å². The Morgan fingerprint density at radius 3 is 2.78 bits per heavy atom. The molecule has 18 heavy (non-hydrogen) atoms. The van der Waals surface area contributed by atoms with Gasteiger partial charge in [-0.05, 0) is 19.1 Å². The first-order valence-electron chi connectivity index (χ1n) is 5.62. The Kier molecular flexibility index (Phi) is 5.10. The van der Waals surface area contributed by atoms with Crippen LogP contribution in [-0.2, 0) is 9.53 Å². The lowest BCUT2D eigenvalue weighted by molar-refractivity contribution is -0.138. The average molecular weight is 251 g/mol. The van der Waals surface area contributed by atoms with Crippen LogP contribution in [0.15, 0.2) is 18.3 Å². The summed E-state index contributed by atoms with van der Waals surface area (Å²) in [6.45, 7) is 2.69. The van der Waals surface area contributed by atoms with Crippen molar-refractivity contribution in [3.8, 4) is 0 Å². The van der Waals surface area contributed by atoms with Crippen molar-refractivity contribution >= 4 is 17.6 Å². The molecular formula is C12H17N3O3. The third-order valence-corrected chi connectivity index (χ3v) is 2.50. The molecule has 0 aliphatic heterocycles. The molecule has 0 saturated heterocycles. The Bertz CT molecular complexity index is 434. The van der Waals surface area contributed by atoms with Crippen molar-refractivity contribution in [2.75, 3.05) is 32.1 Å². The third kappa shape index (κ3) is 3.44. The summed E-state index contributed by atoms with van der Waals surface area (Å²) in [7, 11) is 2.89. The SMILES string of the molecule is CCN(CC(=O)OC)c1ccnc(C(=O)NC)c1. The van der Waals surface area contributed by atoms with E-state index in [2.05, 4.69) is 15.0 Å². The minimum atomic E-state index is -0.324. The van der Waals surface area contributed by atoms with Gasteiger partial charge in [0, 0.05) is 25.5 Å². The summed E-state index contributed by atoms with van der Waals surface area (Å²) in [6.07, 6.45) is 1.54.